The van der Waals surface area contributed by atoms with Crippen LogP contribution in [-0.4, -0.2) is 18.4 Å². The standard InChI is InChI=1S/C5H11NO.C2H7N.C2H6/c1-3-5(6)4(2)7;1-2-3;1-2/h5H,3,6H2,1-2H3;2-3H2,1H3;1-2H3. The minimum atomic E-state index is -0.236. The summed E-state index contributed by atoms with van der Waals surface area (Å²) in [5.41, 5.74) is 10.1. The zero-order chi connectivity index (χ0) is 10.6. The Labute approximate surface area is 76.5 Å². The van der Waals surface area contributed by atoms with Gasteiger partial charge in [0, 0.05) is 0 Å². The molecule has 76 valence electrons. The first-order chi connectivity index (χ1) is 5.59. The highest BCUT2D eigenvalue weighted by molar-refractivity contribution is 5.80. The van der Waals surface area contributed by atoms with Crippen molar-refractivity contribution in [1.29, 1.82) is 0 Å². The second kappa shape index (κ2) is 16.9. The van der Waals surface area contributed by atoms with Crippen LogP contribution in [0.5, 0.6) is 0 Å². The van der Waals surface area contributed by atoms with E-state index >= 15 is 0 Å². The van der Waals surface area contributed by atoms with E-state index in [2.05, 4.69) is 0 Å². The maximum absolute atomic E-state index is 10.2. The van der Waals surface area contributed by atoms with Gasteiger partial charge in [0.2, 0.25) is 0 Å². The van der Waals surface area contributed by atoms with E-state index < -0.39 is 0 Å². The molecule has 0 saturated carbocycles. The summed E-state index contributed by atoms with van der Waals surface area (Å²) in [5.74, 6) is 0.0718. The molecule has 0 spiro atoms. The van der Waals surface area contributed by atoms with Crippen molar-refractivity contribution in [1.82, 2.24) is 0 Å². The Hall–Kier alpha value is -0.410. The fourth-order valence-corrected chi connectivity index (χ4v) is 0.287. The van der Waals surface area contributed by atoms with Crippen molar-refractivity contribution in [2.45, 2.75) is 47.1 Å². The third-order valence-corrected chi connectivity index (χ3v) is 0.962. The van der Waals surface area contributed by atoms with Gasteiger partial charge in [0.25, 0.3) is 0 Å². The molecule has 0 saturated heterocycles. The van der Waals surface area contributed by atoms with E-state index in [1.165, 1.54) is 6.92 Å². The Kier molecular flexibility index (Phi) is 24.8. The molecule has 3 nitrogen and oxygen atoms in total. The van der Waals surface area contributed by atoms with Crippen LogP contribution in [-0.2, 0) is 4.79 Å². The lowest BCUT2D eigenvalue weighted by atomic mass is 10.2. The molecule has 0 bridgehead atoms. The molecule has 0 fully saturated rings. The van der Waals surface area contributed by atoms with E-state index in [9.17, 15) is 4.79 Å². The van der Waals surface area contributed by atoms with Crippen molar-refractivity contribution in [2.24, 2.45) is 11.5 Å². The fourth-order valence-electron chi connectivity index (χ4n) is 0.287. The third-order valence-electron chi connectivity index (χ3n) is 0.962. The zero-order valence-electron chi connectivity index (χ0n) is 9.05. The summed E-state index contributed by atoms with van der Waals surface area (Å²) in [5, 5.41) is 0. The van der Waals surface area contributed by atoms with Crippen molar-refractivity contribution in [2.75, 3.05) is 6.54 Å². The molecule has 0 aliphatic carbocycles. The van der Waals surface area contributed by atoms with Crippen LogP contribution in [0.25, 0.3) is 0 Å². The van der Waals surface area contributed by atoms with E-state index in [4.69, 9.17) is 11.5 Å². The first-order valence-electron chi connectivity index (χ1n) is 4.56. The highest BCUT2D eigenvalue weighted by Gasteiger charge is 2.01. The molecule has 3 heteroatoms. The number of nitrogens with two attached hydrogens (primary N) is 2. The van der Waals surface area contributed by atoms with Crippen LogP contribution >= 0.6 is 0 Å². The predicted molar refractivity (Wildman–Crippen MR) is 55.0 cm³/mol. The molecule has 0 aromatic rings. The van der Waals surface area contributed by atoms with Gasteiger partial charge in [-0.25, -0.2) is 0 Å². The molecule has 0 rings (SSSR count). The molecule has 0 heterocycles. The van der Waals surface area contributed by atoms with Crippen LogP contribution in [0.15, 0.2) is 0 Å². The smallest absolute Gasteiger partial charge is 0.146 e. The zero-order valence-corrected chi connectivity index (χ0v) is 9.05. The summed E-state index contributed by atoms with van der Waals surface area (Å²) in [7, 11) is 0. The van der Waals surface area contributed by atoms with Gasteiger partial charge in [-0.1, -0.05) is 27.7 Å². The van der Waals surface area contributed by atoms with Crippen molar-refractivity contribution < 1.29 is 4.79 Å². The topological polar surface area (TPSA) is 69.1 Å². The summed E-state index contributed by atoms with van der Waals surface area (Å²) in [6, 6.07) is -0.236. The fraction of sp³-hybridized carbons (Fsp3) is 0.889. The highest BCUT2D eigenvalue weighted by atomic mass is 16.1. The molecule has 1 atom stereocenters. The summed E-state index contributed by atoms with van der Waals surface area (Å²) in [4.78, 5) is 10.2. The Balaban J connectivity index is -0.000000137. The molecule has 12 heavy (non-hydrogen) atoms. The van der Waals surface area contributed by atoms with E-state index in [0.717, 1.165) is 13.0 Å². The van der Waals surface area contributed by atoms with Gasteiger partial charge in [0.15, 0.2) is 0 Å². The molecule has 0 aromatic heterocycles. The van der Waals surface area contributed by atoms with Crippen molar-refractivity contribution in [3.63, 3.8) is 0 Å². The number of rotatable bonds is 2. The molecule has 0 aliphatic rings. The Bertz CT molecular complexity index is 84.6. The van der Waals surface area contributed by atoms with Crippen LogP contribution < -0.4 is 11.5 Å². The van der Waals surface area contributed by atoms with Gasteiger partial charge in [0.05, 0.1) is 6.04 Å². The number of hydrogen-bond acceptors (Lipinski definition) is 3. The van der Waals surface area contributed by atoms with Crippen LogP contribution in [0.1, 0.15) is 41.0 Å². The maximum atomic E-state index is 10.2. The third kappa shape index (κ3) is 22.6. The Morgan fingerprint density at radius 3 is 1.58 bits per heavy atom. The number of Topliss-reactive ketones (excluding diaryl/α,β-unsaturated/α-hetero) is 1. The Morgan fingerprint density at radius 1 is 1.33 bits per heavy atom. The van der Waals surface area contributed by atoms with Gasteiger partial charge >= 0.3 is 0 Å². The first-order valence-corrected chi connectivity index (χ1v) is 4.56. The van der Waals surface area contributed by atoms with Gasteiger partial charge in [-0.3, -0.25) is 4.79 Å². The largest absolute Gasteiger partial charge is 0.331 e. The van der Waals surface area contributed by atoms with E-state index in [1.807, 2.05) is 27.7 Å². The van der Waals surface area contributed by atoms with Crippen LogP contribution in [0.2, 0.25) is 0 Å². The minimum Gasteiger partial charge on any atom is -0.331 e. The number of ketones is 1. The summed E-state index contributed by atoms with van der Waals surface area (Å²) < 4.78 is 0. The normalized spacial score (nSPS) is 9.92. The average molecular weight is 176 g/mol. The number of carbonyl (C=O) groups excluding carboxylic acids is 1. The van der Waals surface area contributed by atoms with Gasteiger partial charge < -0.3 is 11.5 Å². The summed E-state index contributed by atoms with van der Waals surface area (Å²) >= 11 is 0. The number of carbonyl (C=O) groups is 1. The van der Waals surface area contributed by atoms with Crippen molar-refractivity contribution in [3.8, 4) is 0 Å². The van der Waals surface area contributed by atoms with Gasteiger partial charge in [-0.05, 0) is 19.9 Å². The highest BCUT2D eigenvalue weighted by Crippen LogP contribution is 1.84. The quantitative estimate of drug-likeness (QED) is 0.666. The molecule has 0 amide bonds. The molecular weight excluding hydrogens is 152 g/mol. The predicted octanol–water partition coefficient (Wildman–Crippen LogP) is 1.30. The molecule has 1 unspecified atom stereocenters. The van der Waals surface area contributed by atoms with Gasteiger partial charge in [-0.15, -0.1) is 0 Å². The summed E-state index contributed by atoms with van der Waals surface area (Å²) in [6.45, 7) is 10.1. The molecule has 4 N–H and O–H groups in total. The maximum Gasteiger partial charge on any atom is 0.146 e. The van der Waals surface area contributed by atoms with Crippen LogP contribution in [0, 0.1) is 0 Å². The second-order valence-electron chi connectivity index (χ2n) is 2.03. The van der Waals surface area contributed by atoms with E-state index in [1.54, 1.807) is 0 Å². The summed E-state index contributed by atoms with van der Waals surface area (Å²) in [6.07, 6.45) is 0.745. The van der Waals surface area contributed by atoms with Crippen molar-refractivity contribution >= 4 is 5.78 Å². The first kappa shape index (κ1) is 17.6. The molecule has 0 aliphatic heterocycles. The second-order valence-corrected chi connectivity index (χ2v) is 2.03. The van der Waals surface area contributed by atoms with E-state index in [0.29, 0.717) is 0 Å². The van der Waals surface area contributed by atoms with Gasteiger partial charge in [-0.2, -0.15) is 0 Å². The Morgan fingerprint density at radius 2 is 1.58 bits per heavy atom. The van der Waals surface area contributed by atoms with Crippen molar-refractivity contribution in [3.05, 3.63) is 0 Å². The number of hydrogen-bond donors (Lipinski definition) is 2. The SMILES string of the molecule is CC.CCC(N)C(C)=O.CCN. The lowest BCUT2D eigenvalue weighted by Gasteiger charge is -1.99. The molecule has 0 aromatic carbocycles. The minimum absolute atomic E-state index is 0.0718. The molecular formula is C9H24N2O. The van der Waals surface area contributed by atoms with Crippen LogP contribution in [0.4, 0.5) is 0 Å². The lowest BCUT2D eigenvalue weighted by Crippen LogP contribution is -2.26. The van der Waals surface area contributed by atoms with Gasteiger partial charge in [0.1, 0.15) is 5.78 Å². The van der Waals surface area contributed by atoms with E-state index in [-0.39, 0.29) is 11.8 Å². The monoisotopic (exact) mass is 176 g/mol. The lowest BCUT2D eigenvalue weighted by molar-refractivity contribution is -0.118. The van der Waals surface area contributed by atoms with Crippen LogP contribution in [0.3, 0.4) is 0 Å². The molecule has 0 radical (unpaired) electrons. The average Bonchev–Trinajstić information content (AvgIpc) is 2.08.